The highest BCUT2D eigenvalue weighted by Gasteiger charge is 2.97. The van der Waals surface area contributed by atoms with Crippen LogP contribution in [0.25, 0.3) is 0 Å². The van der Waals surface area contributed by atoms with Crippen LogP contribution in [0.1, 0.15) is 89.0 Å². The average Bonchev–Trinajstić information content (AvgIpc) is 3.71. The number of hydrogen-bond acceptors (Lipinski definition) is 16. The summed E-state index contributed by atoms with van der Waals surface area (Å²) in [6, 6.07) is 0. The number of ether oxygens (including phenoxy) is 8. The first-order valence-electron chi connectivity index (χ1n) is 19.6. The Balaban J connectivity index is 1.48. The summed E-state index contributed by atoms with van der Waals surface area (Å²) in [7, 11) is 0. The largest absolute Gasteiger partial charge is 0.459 e. The number of epoxide rings is 1. The van der Waals surface area contributed by atoms with E-state index in [-0.39, 0.29) is 18.6 Å². The molecular weight excluding hydrogens is 748 g/mol. The molecular formula is C41H50O16. The molecule has 6 aliphatic carbocycles. The number of Topliss-reactive ketones (excluding diaryl/α,β-unsaturated/α-hetero) is 1. The first-order valence-corrected chi connectivity index (χ1v) is 19.6. The van der Waals surface area contributed by atoms with Crippen LogP contribution in [0.15, 0.2) is 11.8 Å². The Morgan fingerprint density at radius 2 is 1.33 bits per heavy atom. The van der Waals surface area contributed by atoms with Gasteiger partial charge < -0.3 is 37.9 Å². The van der Waals surface area contributed by atoms with Crippen molar-refractivity contribution in [3.63, 3.8) is 0 Å². The zero-order valence-corrected chi connectivity index (χ0v) is 34.0. The molecule has 57 heavy (non-hydrogen) atoms. The zero-order chi connectivity index (χ0) is 41.9. The molecule has 0 N–H and O–H groups in total. The molecule has 0 aromatic rings. The minimum atomic E-state index is -1.96. The van der Waals surface area contributed by atoms with Gasteiger partial charge in [-0.05, 0) is 44.1 Å². The lowest BCUT2D eigenvalue weighted by Crippen LogP contribution is -2.75. The summed E-state index contributed by atoms with van der Waals surface area (Å²) < 4.78 is 49.4. The van der Waals surface area contributed by atoms with Gasteiger partial charge in [-0.25, -0.2) is 4.79 Å². The number of esters is 7. The van der Waals surface area contributed by atoms with Gasteiger partial charge in [0.05, 0.1) is 11.5 Å². The molecule has 2 aliphatic heterocycles. The van der Waals surface area contributed by atoms with Crippen LogP contribution >= 0.6 is 0 Å². The standard InChI is InChI=1S/C41H50O16/c1-15-12-24-37(9,39(11,35(49)55-24)56-20(6)46)34-40(15)14-41(34,57-21(7)47)31-25-26(30(51-17(3)43)33(38(31,40)10)53-19(5)45)36(8)22(27(48)29(25)50-16(2)42)13-23-28(54-23)32(36)52-18(4)44/h12,15,22-23,25-26,28-34H,13-14H2,1-11H3/t15-,22-,23+,25+,26?,28+,29-,30+,31+,32+,33+,34+,36+,37+,38-,39-,40+,41+/m1/s1. The van der Waals surface area contributed by atoms with E-state index in [4.69, 9.17) is 37.9 Å². The minimum absolute atomic E-state index is 0.104. The topological polar surface area (TPSA) is 214 Å². The maximum absolute atomic E-state index is 15.3. The van der Waals surface area contributed by atoms with Crippen LogP contribution in [-0.4, -0.2) is 95.4 Å². The van der Waals surface area contributed by atoms with E-state index in [1.165, 1.54) is 48.5 Å². The fourth-order valence-electron chi connectivity index (χ4n) is 14.6. The molecule has 5 saturated carbocycles. The summed E-state index contributed by atoms with van der Waals surface area (Å²) in [5, 5.41) is 0. The van der Waals surface area contributed by atoms with E-state index >= 15 is 4.79 Å². The van der Waals surface area contributed by atoms with Crippen LogP contribution in [-0.2, 0) is 76.3 Å². The first kappa shape index (κ1) is 39.5. The van der Waals surface area contributed by atoms with Crippen molar-refractivity contribution in [2.45, 2.75) is 137 Å². The molecule has 7 fully saturated rings. The van der Waals surface area contributed by atoms with Crippen molar-refractivity contribution in [3.05, 3.63) is 11.8 Å². The Morgan fingerprint density at radius 1 is 0.754 bits per heavy atom. The Hall–Kier alpha value is -4.34. The van der Waals surface area contributed by atoms with Gasteiger partial charge in [0.2, 0.25) is 5.60 Å². The number of ketones is 1. The van der Waals surface area contributed by atoms with Crippen molar-refractivity contribution >= 4 is 47.6 Å². The number of carbonyl (C=O) groups is 8. The van der Waals surface area contributed by atoms with Crippen molar-refractivity contribution < 1.29 is 76.3 Å². The smallest absolute Gasteiger partial charge is 0.356 e. The molecule has 8 aliphatic rings. The van der Waals surface area contributed by atoms with E-state index < -0.39 is 153 Å². The number of carbonyl (C=O) groups excluding carboxylic acids is 8. The van der Waals surface area contributed by atoms with E-state index in [1.54, 1.807) is 19.9 Å². The van der Waals surface area contributed by atoms with Crippen LogP contribution < -0.4 is 0 Å². The lowest BCUT2D eigenvalue weighted by atomic mass is 9.36. The highest BCUT2D eigenvalue weighted by molar-refractivity contribution is 5.91. The van der Waals surface area contributed by atoms with E-state index in [1.807, 2.05) is 13.8 Å². The molecule has 18 atom stereocenters. The SMILES string of the molecule is CC(=O)O[C@H]1C(=O)[C@H]2C[C@@H]3O[C@@H]3[C@H](OC(C)=O)[C@]2(C)C2[C@@H]1[C@@H]1[C@@]3(OC(C)=O)C[C@@]4([C@H](C)C=C5OC(=O)[C@@](C)(OC(C)=O)[C@]5(C)[C@H]34)[C@@]1(C)[C@@H](OC(C)=O)[C@H]2OC(C)=O. The van der Waals surface area contributed by atoms with Gasteiger partial charge in [-0.1, -0.05) is 20.8 Å². The summed E-state index contributed by atoms with van der Waals surface area (Å²) >= 11 is 0. The van der Waals surface area contributed by atoms with E-state index in [2.05, 4.69) is 0 Å². The second-order valence-corrected chi connectivity index (χ2v) is 18.5. The van der Waals surface area contributed by atoms with Gasteiger partial charge >= 0.3 is 41.8 Å². The normalized spacial score (nSPS) is 50.3. The fraction of sp³-hybridized carbons (Fsp3) is 0.756. The minimum Gasteiger partial charge on any atom is -0.459 e. The number of fused-ring (bicyclic) bond motifs is 8. The van der Waals surface area contributed by atoms with Gasteiger partial charge in [0, 0.05) is 82.0 Å². The molecule has 8 rings (SSSR count). The Kier molecular flexibility index (Phi) is 8.23. The Morgan fingerprint density at radius 3 is 1.89 bits per heavy atom. The monoisotopic (exact) mass is 798 g/mol. The molecule has 2 heterocycles. The molecule has 0 aromatic carbocycles. The fourth-order valence-corrected chi connectivity index (χ4v) is 14.6. The molecule has 16 heteroatoms. The Bertz CT molecular complexity index is 1970. The first-order chi connectivity index (χ1) is 26.4. The highest BCUT2D eigenvalue weighted by atomic mass is 16.6. The van der Waals surface area contributed by atoms with E-state index in [9.17, 15) is 33.6 Å². The average molecular weight is 799 g/mol. The van der Waals surface area contributed by atoms with Gasteiger partial charge in [-0.3, -0.25) is 33.6 Å². The third kappa shape index (κ3) is 4.53. The number of allylic oxidation sites excluding steroid dienone is 1. The van der Waals surface area contributed by atoms with Crippen LogP contribution in [0.5, 0.6) is 0 Å². The molecule has 1 unspecified atom stereocenters. The van der Waals surface area contributed by atoms with E-state index in [0.717, 1.165) is 0 Å². The molecule has 2 saturated heterocycles. The highest BCUT2D eigenvalue weighted by Crippen LogP contribution is 2.91. The van der Waals surface area contributed by atoms with Crippen molar-refractivity contribution in [1.82, 2.24) is 0 Å². The molecule has 0 aromatic heterocycles. The maximum atomic E-state index is 15.3. The third-order valence-electron chi connectivity index (χ3n) is 16.0. The molecule has 0 spiro atoms. The van der Waals surface area contributed by atoms with Gasteiger partial charge in [0.1, 0.15) is 35.8 Å². The summed E-state index contributed by atoms with van der Waals surface area (Å²) in [6.45, 7) is 15.9. The second-order valence-electron chi connectivity index (χ2n) is 18.5. The number of hydrogen-bond donors (Lipinski definition) is 0. The van der Waals surface area contributed by atoms with Crippen molar-refractivity contribution in [1.29, 1.82) is 0 Å². The lowest BCUT2D eigenvalue weighted by molar-refractivity contribution is -0.275. The predicted octanol–water partition coefficient (Wildman–Crippen LogP) is 2.70. The van der Waals surface area contributed by atoms with E-state index in [0.29, 0.717) is 0 Å². The van der Waals surface area contributed by atoms with Gasteiger partial charge in [-0.2, -0.15) is 0 Å². The van der Waals surface area contributed by atoms with Crippen LogP contribution in [0.3, 0.4) is 0 Å². The summed E-state index contributed by atoms with van der Waals surface area (Å²) in [5.41, 5.74) is -9.03. The molecule has 16 nitrogen and oxygen atoms in total. The van der Waals surface area contributed by atoms with Gasteiger partial charge in [0.15, 0.2) is 11.9 Å². The summed E-state index contributed by atoms with van der Waals surface area (Å²) in [4.78, 5) is 109. The molecule has 310 valence electrons. The predicted molar refractivity (Wildman–Crippen MR) is 187 cm³/mol. The summed E-state index contributed by atoms with van der Waals surface area (Å²) in [5.74, 6) is -11.1. The molecule has 0 radical (unpaired) electrons. The van der Waals surface area contributed by atoms with Crippen molar-refractivity contribution in [2.75, 3.05) is 0 Å². The van der Waals surface area contributed by atoms with Gasteiger partial charge in [-0.15, -0.1) is 0 Å². The molecule has 0 amide bonds. The lowest BCUT2D eigenvalue weighted by Gasteiger charge is -2.67. The van der Waals surface area contributed by atoms with Gasteiger partial charge in [0.25, 0.3) is 0 Å². The maximum Gasteiger partial charge on any atom is 0.356 e. The summed E-state index contributed by atoms with van der Waals surface area (Å²) in [6.07, 6.45) is -4.25. The van der Waals surface area contributed by atoms with Crippen molar-refractivity contribution in [3.8, 4) is 0 Å². The quantitative estimate of drug-likeness (QED) is 0.215. The van der Waals surface area contributed by atoms with Crippen LogP contribution in [0, 0.1) is 57.2 Å². The number of rotatable bonds is 6. The third-order valence-corrected chi connectivity index (χ3v) is 16.0. The zero-order valence-electron chi connectivity index (χ0n) is 34.0. The van der Waals surface area contributed by atoms with Crippen LogP contribution in [0.2, 0.25) is 0 Å². The second kappa shape index (κ2) is 11.9. The van der Waals surface area contributed by atoms with Crippen molar-refractivity contribution in [2.24, 2.45) is 57.2 Å². The Labute approximate surface area is 329 Å². The molecule has 2 bridgehead atoms. The van der Waals surface area contributed by atoms with Crippen LogP contribution in [0.4, 0.5) is 0 Å².